The first-order valence-corrected chi connectivity index (χ1v) is 7.45. The molecule has 1 amide bonds. The van der Waals surface area contributed by atoms with Crippen LogP contribution < -0.4 is 5.32 Å². The van der Waals surface area contributed by atoms with E-state index >= 15 is 0 Å². The van der Waals surface area contributed by atoms with Crippen LogP contribution in [-0.2, 0) is 0 Å². The van der Waals surface area contributed by atoms with Crippen LogP contribution in [-0.4, -0.2) is 21.0 Å². The average Bonchev–Trinajstić information content (AvgIpc) is 3.22. The standard InChI is InChI=1S/C18H12FN3O3/c19-15-9-8-14(25-15)17-21-13-3-1-2-12(16(13)22-17)18(24)20-10-4-6-11(23)7-5-10/h1-9,23H,(H,20,24)(H,21,22). The van der Waals surface area contributed by atoms with E-state index in [2.05, 4.69) is 15.3 Å². The second-order valence-electron chi connectivity index (χ2n) is 5.39. The zero-order valence-corrected chi connectivity index (χ0v) is 12.8. The number of hydrogen-bond donors (Lipinski definition) is 3. The summed E-state index contributed by atoms with van der Waals surface area (Å²) in [7, 11) is 0. The smallest absolute Gasteiger partial charge is 0.278 e. The summed E-state index contributed by atoms with van der Waals surface area (Å²) in [6.07, 6.45) is 0. The molecule has 0 saturated heterocycles. The zero-order chi connectivity index (χ0) is 17.4. The molecule has 0 aliphatic rings. The van der Waals surface area contributed by atoms with Gasteiger partial charge in [0.15, 0.2) is 11.6 Å². The number of aromatic nitrogens is 2. The number of carbonyl (C=O) groups excluding carboxylic acids is 1. The number of halogens is 1. The largest absolute Gasteiger partial charge is 0.508 e. The molecule has 7 heteroatoms. The molecule has 6 nitrogen and oxygen atoms in total. The zero-order valence-electron chi connectivity index (χ0n) is 12.8. The lowest BCUT2D eigenvalue weighted by molar-refractivity contribution is 0.102. The SMILES string of the molecule is O=C(Nc1ccc(O)cc1)c1cccc2[nH]c(-c3ccc(F)o3)nc12. The molecular weight excluding hydrogens is 325 g/mol. The van der Waals surface area contributed by atoms with Gasteiger partial charge in [0, 0.05) is 11.8 Å². The van der Waals surface area contributed by atoms with Crippen LogP contribution in [0.25, 0.3) is 22.6 Å². The Balaban J connectivity index is 1.70. The fourth-order valence-electron chi connectivity index (χ4n) is 2.52. The van der Waals surface area contributed by atoms with Crippen molar-refractivity contribution in [1.82, 2.24) is 9.97 Å². The first kappa shape index (κ1) is 14.9. The molecule has 25 heavy (non-hydrogen) atoms. The van der Waals surface area contributed by atoms with Crippen LogP contribution in [0.5, 0.6) is 5.75 Å². The molecule has 2 heterocycles. The van der Waals surface area contributed by atoms with Crippen molar-refractivity contribution in [1.29, 1.82) is 0 Å². The number of phenolic OH excluding ortho intramolecular Hbond substituents is 1. The predicted molar refractivity (Wildman–Crippen MR) is 89.8 cm³/mol. The third kappa shape index (κ3) is 2.83. The molecule has 0 bridgehead atoms. The van der Waals surface area contributed by atoms with Gasteiger partial charge in [0.05, 0.1) is 11.1 Å². The molecule has 2 aromatic carbocycles. The van der Waals surface area contributed by atoms with Crippen molar-refractivity contribution >= 4 is 22.6 Å². The van der Waals surface area contributed by atoms with Gasteiger partial charge in [-0.2, -0.15) is 4.39 Å². The van der Waals surface area contributed by atoms with E-state index in [4.69, 9.17) is 4.42 Å². The average molecular weight is 337 g/mol. The van der Waals surface area contributed by atoms with Gasteiger partial charge in [-0.05, 0) is 42.5 Å². The first-order valence-electron chi connectivity index (χ1n) is 7.45. The number of fused-ring (bicyclic) bond motifs is 1. The summed E-state index contributed by atoms with van der Waals surface area (Å²) in [6.45, 7) is 0. The number of nitrogens with zero attached hydrogens (tertiary/aromatic N) is 1. The van der Waals surface area contributed by atoms with Crippen molar-refractivity contribution in [3.63, 3.8) is 0 Å². The summed E-state index contributed by atoms with van der Waals surface area (Å²) in [5.74, 6) is 0.352. The van der Waals surface area contributed by atoms with Crippen LogP contribution in [0.1, 0.15) is 10.4 Å². The van der Waals surface area contributed by atoms with Crippen LogP contribution in [0.3, 0.4) is 0 Å². The number of para-hydroxylation sites is 1. The highest BCUT2D eigenvalue weighted by Crippen LogP contribution is 2.25. The number of aromatic amines is 1. The van der Waals surface area contributed by atoms with E-state index < -0.39 is 6.01 Å². The van der Waals surface area contributed by atoms with E-state index in [-0.39, 0.29) is 17.4 Å². The minimum Gasteiger partial charge on any atom is -0.508 e. The second kappa shape index (κ2) is 5.79. The van der Waals surface area contributed by atoms with Gasteiger partial charge in [-0.25, -0.2) is 4.98 Å². The summed E-state index contributed by atoms with van der Waals surface area (Å²) < 4.78 is 18.0. The Labute approximate surface area is 140 Å². The fraction of sp³-hybridized carbons (Fsp3) is 0. The lowest BCUT2D eigenvalue weighted by Crippen LogP contribution is -2.12. The van der Waals surface area contributed by atoms with Crippen LogP contribution in [0.4, 0.5) is 10.1 Å². The maximum Gasteiger partial charge on any atom is 0.278 e. The number of rotatable bonds is 3. The maximum absolute atomic E-state index is 13.1. The lowest BCUT2D eigenvalue weighted by Gasteiger charge is -2.05. The minimum absolute atomic E-state index is 0.114. The topological polar surface area (TPSA) is 91.2 Å². The molecule has 0 radical (unpaired) electrons. The maximum atomic E-state index is 13.1. The summed E-state index contributed by atoms with van der Waals surface area (Å²) in [5.41, 5.74) is 1.99. The van der Waals surface area contributed by atoms with E-state index in [0.717, 1.165) is 0 Å². The number of carbonyl (C=O) groups is 1. The van der Waals surface area contributed by atoms with E-state index in [9.17, 15) is 14.3 Å². The predicted octanol–water partition coefficient (Wildman–Crippen LogP) is 3.92. The molecular formula is C18H12FN3O3. The Morgan fingerprint density at radius 1 is 1.12 bits per heavy atom. The van der Waals surface area contributed by atoms with Crippen LogP contribution >= 0.6 is 0 Å². The molecule has 0 atom stereocenters. The summed E-state index contributed by atoms with van der Waals surface area (Å²) in [5, 5.41) is 12.0. The van der Waals surface area contributed by atoms with Gasteiger partial charge >= 0.3 is 0 Å². The van der Waals surface area contributed by atoms with Gasteiger partial charge in [-0.15, -0.1) is 0 Å². The number of imidazole rings is 1. The van der Waals surface area contributed by atoms with Crippen molar-refractivity contribution < 1.29 is 18.7 Å². The number of anilines is 1. The van der Waals surface area contributed by atoms with Gasteiger partial charge in [0.2, 0.25) is 0 Å². The van der Waals surface area contributed by atoms with Crippen molar-refractivity contribution in [2.75, 3.05) is 5.32 Å². The summed E-state index contributed by atoms with van der Waals surface area (Å²) >= 11 is 0. The fourth-order valence-corrected chi connectivity index (χ4v) is 2.52. The van der Waals surface area contributed by atoms with Gasteiger partial charge in [0.25, 0.3) is 11.9 Å². The molecule has 124 valence electrons. The number of phenols is 1. The molecule has 2 aromatic heterocycles. The van der Waals surface area contributed by atoms with E-state index in [1.165, 1.54) is 24.3 Å². The Bertz CT molecular complexity index is 1070. The van der Waals surface area contributed by atoms with E-state index in [1.54, 1.807) is 30.3 Å². The van der Waals surface area contributed by atoms with Crippen molar-refractivity contribution in [3.8, 4) is 17.3 Å². The number of furan rings is 1. The van der Waals surface area contributed by atoms with E-state index in [1.807, 2.05) is 0 Å². The molecule has 0 fully saturated rings. The molecule has 4 rings (SSSR count). The van der Waals surface area contributed by atoms with Crippen molar-refractivity contribution in [3.05, 3.63) is 66.2 Å². The Morgan fingerprint density at radius 3 is 2.64 bits per heavy atom. The molecule has 0 saturated carbocycles. The highest BCUT2D eigenvalue weighted by Gasteiger charge is 2.16. The highest BCUT2D eigenvalue weighted by atomic mass is 19.1. The van der Waals surface area contributed by atoms with Crippen LogP contribution in [0.2, 0.25) is 0 Å². The van der Waals surface area contributed by atoms with Gasteiger partial charge in [0.1, 0.15) is 11.3 Å². The van der Waals surface area contributed by atoms with Gasteiger partial charge in [-0.3, -0.25) is 4.79 Å². The van der Waals surface area contributed by atoms with Crippen molar-refractivity contribution in [2.45, 2.75) is 0 Å². The molecule has 0 aliphatic carbocycles. The third-order valence-corrected chi connectivity index (χ3v) is 3.69. The number of amides is 1. The molecule has 0 aliphatic heterocycles. The summed E-state index contributed by atoms with van der Waals surface area (Å²) in [4.78, 5) is 19.9. The van der Waals surface area contributed by atoms with E-state index in [0.29, 0.717) is 28.1 Å². The van der Waals surface area contributed by atoms with Gasteiger partial charge in [-0.1, -0.05) is 6.07 Å². The number of aromatic hydroxyl groups is 1. The quantitative estimate of drug-likeness (QED) is 0.494. The normalized spacial score (nSPS) is 10.9. The highest BCUT2D eigenvalue weighted by molar-refractivity contribution is 6.11. The first-order chi connectivity index (χ1) is 12.1. The second-order valence-corrected chi connectivity index (χ2v) is 5.39. The molecule has 0 spiro atoms. The Morgan fingerprint density at radius 2 is 1.92 bits per heavy atom. The Hall–Kier alpha value is -3.61. The Kier molecular flexibility index (Phi) is 3.46. The minimum atomic E-state index is -0.708. The monoisotopic (exact) mass is 337 g/mol. The lowest BCUT2D eigenvalue weighted by atomic mass is 10.1. The number of H-pyrrole nitrogens is 1. The third-order valence-electron chi connectivity index (χ3n) is 3.69. The van der Waals surface area contributed by atoms with Crippen molar-refractivity contribution in [2.24, 2.45) is 0 Å². The van der Waals surface area contributed by atoms with Crippen LogP contribution in [0, 0.1) is 6.01 Å². The summed E-state index contributed by atoms with van der Waals surface area (Å²) in [6, 6.07) is 13.2. The molecule has 4 aromatic rings. The number of hydrogen-bond acceptors (Lipinski definition) is 4. The number of benzene rings is 2. The molecule has 0 unspecified atom stereocenters. The molecule has 3 N–H and O–H groups in total. The van der Waals surface area contributed by atoms with Gasteiger partial charge < -0.3 is 19.8 Å². The number of nitrogens with one attached hydrogen (secondary N) is 2. The van der Waals surface area contributed by atoms with Crippen LogP contribution in [0.15, 0.2) is 59.0 Å².